The number of nitrogens with zero attached hydrogens (tertiary/aromatic N) is 1. The first-order valence-corrected chi connectivity index (χ1v) is 10.5. The second kappa shape index (κ2) is 10.0. The predicted molar refractivity (Wildman–Crippen MR) is 107 cm³/mol. The van der Waals surface area contributed by atoms with Crippen molar-refractivity contribution >= 4 is 23.7 Å². The lowest BCUT2D eigenvalue weighted by molar-refractivity contribution is -0.150. The molecule has 0 saturated carbocycles. The van der Waals surface area contributed by atoms with E-state index < -0.39 is 30.0 Å². The zero-order chi connectivity index (χ0) is 21.7. The fourth-order valence-corrected chi connectivity index (χ4v) is 3.92. The van der Waals surface area contributed by atoms with Gasteiger partial charge in [0.2, 0.25) is 17.7 Å². The molecule has 4 unspecified atom stereocenters. The van der Waals surface area contributed by atoms with Crippen LogP contribution in [-0.2, 0) is 19.2 Å². The summed E-state index contributed by atoms with van der Waals surface area (Å²) in [6, 6.07) is -2.76. The minimum Gasteiger partial charge on any atom is -0.480 e. The molecule has 2 heterocycles. The predicted octanol–water partition coefficient (Wildman–Crippen LogP) is 0.0956. The maximum Gasteiger partial charge on any atom is 0.326 e. The lowest BCUT2D eigenvalue weighted by Gasteiger charge is -2.31. The number of nitrogens with one attached hydrogen (secondary N) is 3. The number of carbonyl (C=O) groups excluding carboxylic acids is 3. The van der Waals surface area contributed by atoms with Crippen molar-refractivity contribution in [2.45, 2.75) is 77.5 Å². The Kier molecular flexibility index (Phi) is 8.01. The van der Waals surface area contributed by atoms with Crippen LogP contribution in [0.4, 0.5) is 0 Å². The number of carboxylic acids is 1. The van der Waals surface area contributed by atoms with E-state index >= 15 is 0 Å². The molecule has 3 amide bonds. The maximum atomic E-state index is 13.0. The lowest BCUT2D eigenvalue weighted by atomic mass is 9.98. The van der Waals surface area contributed by atoms with Gasteiger partial charge in [-0.1, -0.05) is 27.7 Å². The van der Waals surface area contributed by atoms with Crippen LogP contribution in [0.1, 0.15) is 53.4 Å². The van der Waals surface area contributed by atoms with Gasteiger partial charge in [-0.3, -0.25) is 14.4 Å². The van der Waals surface area contributed by atoms with E-state index in [2.05, 4.69) is 16.0 Å². The second-order valence-electron chi connectivity index (χ2n) is 8.64. The molecule has 4 atom stereocenters. The summed E-state index contributed by atoms with van der Waals surface area (Å²) in [4.78, 5) is 51.2. The molecule has 0 aliphatic carbocycles. The Balaban J connectivity index is 2.08. The Morgan fingerprint density at radius 3 is 2.14 bits per heavy atom. The van der Waals surface area contributed by atoms with Gasteiger partial charge in [0.25, 0.3) is 0 Å². The Hall–Kier alpha value is -2.16. The van der Waals surface area contributed by atoms with Crippen LogP contribution in [0.5, 0.6) is 0 Å². The van der Waals surface area contributed by atoms with E-state index in [1.165, 1.54) is 4.90 Å². The molecule has 2 saturated heterocycles. The smallest absolute Gasteiger partial charge is 0.326 e. The molecule has 0 aromatic heterocycles. The fourth-order valence-electron chi connectivity index (χ4n) is 3.92. The largest absolute Gasteiger partial charge is 0.480 e. The highest BCUT2D eigenvalue weighted by Gasteiger charge is 2.39. The molecule has 2 rings (SSSR count). The molecule has 4 N–H and O–H groups in total. The molecular formula is C20H34N4O5. The average molecular weight is 411 g/mol. The van der Waals surface area contributed by atoms with Gasteiger partial charge in [-0.2, -0.15) is 0 Å². The number of carbonyl (C=O) groups is 4. The van der Waals surface area contributed by atoms with E-state index in [-0.39, 0.29) is 29.7 Å². The molecule has 2 aliphatic heterocycles. The van der Waals surface area contributed by atoms with Gasteiger partial charge in [-0.05, 0) is 44.1 Å². The summed E-state index contributed by atoms with van der Waals surface area (Å²) in [6.45, 7) is 8.42. The number of aliphatic carboxylic acids is 1. The quantitative estimate of drug-likeness (QED) is 0.449. The van der Waals surface area contributed by atoms with Crippen LogP contribution < -0.4 is 16.0 Å². The van der Waals surface area contributed by atoms with Crippen LogP contribution in [-0.4, -0.2) is 71.0 Å². The Morgan fingerprint density at radius 1 is 0.966 bits per heavy atom. The molecule has 0 radical (unpaired) electrons. The number of rotatable bonds is 8. The Bertz CT molecular complexity index is 630. The van der Waals surface area contributed by atoms with Gasteiger partial charge >= 0.3 is 5.97 Å². The van der Waals surface area contributed by atoms with Crippen molar-refractivity contribution < 1.29 is 24.3 Å². The van der Waals surface area contributed by atoms with Crippen LogP contribution in [0.15, 0.2) is 0 Å². The van der Waals surface area contributed by atoms with E-state index in [1.807, 2.05) is 13.8 Å². The van der Waals surface area contributed by atoms with Crippen molar-refractivity contribution in [3.8, 4) is 0 Å². The molecule has 9 nitrogen and oxygen atoms in total. The maximum absolute atomic E-state index is 13.0. The number of hydrogen-bond acceptors (Lipinski definition) is 5. The molecule has 9 heteroatoms. The standard InChI is InChI=1S/C20H34N4O5/c1-11(2)15(22-17(25)13-7-5-9-21-13)18(26)23-16(12(3)4)19(27)24-10-6-8-14(24)20(28)29/h11-16,21H,5-10H2,1-4H3,(H,22,25)(H,23,26)(H,28,29). The molecule has 164 valence electrons. The third-order valence-electron chi connectivity index (χ3n) is 5.68. The van der Waals surface area contributed by atoms with Crippen LogP contribution in [0.2, 0.25) is 0 Å². The normalized spacial score (nSPS) is 23.9. The summed E-state index contributed by atoms with van der Waals surface area (Å²) >= 11 is 0. The average Bonchev–Trinajstić information content (AvgIpc) is 3.34. The van der Waals surface area contributed by atoms with Gasteiger partial charge in [-0.25, -0.2) is 4.79 Å². The minimum atomic E-state index is -1.03. The highest BCUT2D eigenvalue weighted by molar-refractivity contribution is 5.94. The third kappa shape index (κ3) is 5.68. The van der Waals surface area contributed by atoms with Crippen LogP contribution in [0.3, 0.4) is 0 Å². The lowest BCUT2D eigenvalue weighted by Crippen LogP contribution is -2.59. The van der Waals surface area contributed by atoms with Crippen molar-refractivity contribution in [1.29, 1.82) is 0 Å². The van der Waals surface area contributed by atoms with Gasteiger partial charge in [0.1, 0.15) is 18.1 Å². The summed E-state index contributed by atoms with van der Waals surface area (Å²) in [5.41, 5.74) is 0. The SMILES string of the molecule is CC(C)C(NC(=O)C1CCCN1)C(=O)NC(C(=O)N1CCCC1C(=O)O)C(C)C. The van der Waals surface area contributed by atoms with Gasteiger partial charge in [0.05, 0.1) is 6.04 Å². The summed E-state index contributed by atoms with van der Waals surface area (Å²) in [5.74, 6) is -2.44. The van der Waals surface area contributed by atoms with Crippen molar-refractivity contribution in [3.05, 3.63) is 0 Å². The van der Waals surface area contributed by atoms with Crippen LogP contribution in [0.25, 0.3) is 0 Å². The van der Waals surface area contributed by atoms with Crippen molar-refractivity contribution in [3.63, 3.8) is 0 Å². The van der Waals surface area contributed by atoms with Crippen molar-refractivity contribution in [1.82, 2.24) is 20.9 Å². The van der Waals surface area contributed by atoms with E-state index in [0.717, 1.165) is 19.4 Å². The molecule has 2 aliphatic rings. The first kappa shape index (κ1) is 23.1. The number of likely N-dealkylation sites (tertiary alicyclic amines) is 1. The van der Waals surface area contributed by atoms with E-state index in [4.69, 9.17) is 0 Å². The summed E-state index contributed by atoms with van der Waals surface area (Å²) in [5, 5.41) is 18.1. The van der Waals surface area contributed by atoms with Crippen LogP contribution in [0, 0.1) is 11.8 Å². The number of carboxylic acid groups (broad SMARTS) is 1. The molecule has 0 aromatic rings. The highest BCUT2D eigenvalue weighted by atomic mass is 16.4. The molecular weight excluding hydrogens is 376 g/mol. The zero-order valence-corrected chi connectivity index (χ0v) is 17.7. The topological polar surface area (TPSA) is 128 Å². The fraction of sp³-hybridized carbons (Fsp3) is 0.800. The van der Waals surface area contributed by atoms with Gasteiger partial charge in [0.15, 0.2) is 0 Å². The first-order chi connectivity index (χ1) is 13.6. The molecule has 29 heavy (non-hydrogen) atoms. The first-order valence-electron chi connectivity index (χ1n) is 10.5. The summed E-state index contributed by atoms with van der Waals surface area (Å²) in [7, 11) is 0. The van der Waals surface area contributed by atoms with Gasteiger partial charge in [0, 0.05) is 6.54 Å². The van der Waals surface area contributed by atoms with E-state index in [0.29, 0.717) is 19.4 Å². The van der Waals surface area contributed by atoms with Crippen molar-refractivity contribution in [2.75, 3.05) is 13.1 Å². The third-order valence-corrected chi connectivity index (χ3v) is 5.68. The number of hydrogen-bond donors (Lipinski definition) is 4. The summed E-state index contributed by atoms with van der Waals surface area (Å²) in [6.07, 6.45) is 2.69. The molecule has 0 spiro atoms. The van der Waals surface area contributed by atoms with E-state index in [1.54, 1.807) is 13.8 Å². The zero-order valence-electron chi connectivity index (χ0n) is 17.7. The molecule has 0 aromatic carbocycles. The minimum absolute atomic E-state index is 0.165. The van der Waals surface area contributed by atoms with E-state index in [9.17, 15) is 24.3 Å². The number of amides is 3. The van der Waals surface area contributed by atoms with Crippen molar-refractivity contribution in [2.24, 2.45) is 11.8 Å². The Labute approximate surface area is 172 Å². The Morgan fingerprint density at radius 2 is 1.62 bits per heavy atom. The summed E-state index contributed by atoms with van der Waals surface area (Å²) < 4.78 is 0. The highest BCUT2D eigenvalue weighted by Crippen LogP contribution is 2.20. The molecule has 0 bridgehead atoms. The van der Waals surface area contributed by atoms with Gasteiger partial charge in [-0.15, -0.1) is 0 Å². The van der Waals surface area contributed by atoms with Gasteiger partial charge < -0.3 is 26.0 Å². The second-order valence-corrected chi connectivity index (χ2v) is 8.64. The van der Waals surface area contributed by atoms with Crippen LogP contribution >= 0.6 is 0 Å². The monoisotopic (exact) mass is 410 g/mol. The molecule has 2 fully saturated rings.